The first-order chi connectivity index (χ1) is 11.3. The molecule has 0 bridgehead atoms. The molecule has 128 valence electrons. The molecule has 2 aromatic rings. The van der Waals surface area contributed by atoms with E-state index in [-0.39, 0.29) is 0 Å². The van der Waals surface area contributed by atoms with Gasteiger partial charge in [-0.05, 0) is 51.8 Å². The van der Waals surface area contributed by atoms with E-state index in [4.69, 9.17) is 14.2 Å². The maximum Gasteiger partial charge on any atom is 0.335 e. The van der Waals surface area contributed by atoms with Crippen molar-refractivity contribution in [3.8, 4) is 0 Å². The van der Waals surface area contributed by atoms with Crippen LogP contribution in [0.5, 0.6) is 0 Å². The number of hydrogen-bond donors (Lipinski definition) is 1. The molecule has 0 radical (unpaired) electrons. The molecule has 2 aliphatic heterocycles. The van der Waals surface area contributed by atoms with Crippen molar-refractivity contribution in [2.75, 3.05) is 0 Å². The highest BCUT2D eigenvalue weighted by Gasteiger charge is 2.58. The number of fused-ring (bicyclic) bond motifs is 2. The van der Waals surface area contributed by atoms with Gasteiger partial charge >= 0.3 is 5.97 Å². The summed E-state index contributed by atoms with van der Waals surface area (Å²) in [5.41, 5.74) is 1.20. The quantitative estimate of drug-likeness (QED) is 0.684. The van der Waals surface area contributed by atoms with Crippen LogP contribution in [-0.2, 0) is 19.0 Å². The van der Waals surface area contributed by atoms with Gasteiger partial charge in [0.2, 0.25) is 0 Å². The Hall–Kier alpha value is -1.07. The number of nitrogens with zero attached hydrogens (tertiary/aromatic N) is 3. The second-order valence-electron chi connectivity index (χ2n) is 6.10. The largest absolute Gasteiger partial charge is 0.479 e. The van der Waals surface area contributed by atoms with Crippen molar-refractivity contribution >= 4 is 49.0 Å². The Morgan fingerprint density at radius 2 is 2.04 bits per heavy atom. The Labute approximate surface area is 153 Å². The number of carboxylic acid groups (broad SMARTS) is 1. The van der Waals surface area contributed by atoms with E-state index in [0.29, 0.717) is 15.8 Å². The number of rotatable bonds is 2. The molecule has 0 saturated carbocycles. The monoisotopic (exact) mass is 461 g/mol. The molecule has 2 saturated heterocycles. The molecule has 2 fully saturated rings. The van der Waals surface area contributed by atoms with Gasteiger partial charge in [0.05, 0.1) is 6.33 Å². The van der Waals surface area contributed by atoms with Crippen molar-refractivity contribution in [2.45, 2.75) is 44.2 Å². The fourth-order valence-corrected chi connectivity index (χ4v) is 4.33. The second kappa shape index (κ2) is 5.46. The van der Waals surface area contributed by atoms with Gasteiger partial charge in [-0.2, -0.15) is 0 Å². The minimum Gasteiger partial charge on any atom is -0.479 e. The van der Waals surface area contributed by atoms with Crippen molar-refractivity contribution in [3.63, 3.8) is 0 Å². The van der Waals surface area contributed by atoms with Crippen LogP contribution in [0.3, 0.4) is 0 Å². The molecule has 4 heterocycles. The topological polar surface area (TPSA) is 95.7 Å². The first-order valence-corrected chi connectivity index (χ1v) is 8.78. The molecule has 8 nitrogen and oxygen atoms in total. The molecular formula is C14H13Br2N3O5. The Morgan fingerprint density at radius 3 is 2.75 bits per heavy atom. The van der Waals surface area contributed by atoms with E-state index in [1.807, 2.05) is 0 Å². The average molecular weight is 463 g/mol. The highest BCUT2D eigenvalue weighted by molar-refractivity contribution is 9.11. The number of imidazole rings is 1. The smallest absolute Gasteiger partial charge is 0.335 e. The fourth-order valence-electron chi connectivity index (χ4n) is 3.13. The van der Waals surface area contributed by atoms with Gasteiger partial charge in [-0.25, -0.2) is 14.8 Å². The van der Waals surface area contributed by atoms with Crippen LogP contribution in [0.15, 0.2) is 21.5 Å². The minimum atomic E-state index is -1.12. The molecule has 1 N–H and O–H groups in total. The van der Waals surface area contributed by atoms with Crippen LogP contribution in [0.25, 0.3) is 11.2 Å². The number of carboxylic acids is 1. The van der Waals surface area contributed by atoms with Crippen LogP contribution in [-0.4, -0.2) is 49.7 Å². The zero-order valence-corrected chi connectivity index (χ0v) is 15.8. The molecule has 0 spiro atoms. The minimum absolute atomic E-state index is 0.555. The van der Waals surface area contributed by atoms with Gasteiger partial charge in [0, 0.05) is 4.47 Å². The summed E-state index contributed by atoms with van der Waals surface area (Å²) >= 11 is 6.79. The van der Waals surface area contributed by atoms with E-state index >= 15 is 0 Å². The summed E-state index contributed by atoms with van der Waals surface area (Å²) in [5.74, 6) is -1.97. The number of pyridine rings is 1. The van der Waals surface area contributed by atoms with Gasteiger partial charge in [-0.15, -0.1) is 0 Å². The predicted molar refractivity (Wildman–Crippen MR) is 88.3 cm³/mol. The van der Waals surface area contributed by atoms with Crippen molar-refractivity contribution in [3.05, 3.63) is 21.5 Å². The lowest BCUT2D eigenvalue weighted by Gasteiger charge is -2.23. The van der Waals surface area contributed by atoms with Gasteiger partial charge < -0.3 is 19.3 Å². The van der Waals surface area contributed by atoms with E-state index in [2.05, 4.69) is 41.8 Å². The van der Waals surface area contributed by atoms with Gasteiger partial charge in [-0.1, -0.05) is 0 Å². The van der Waals surface area contributed by atoms with Crippen molar-refractivity contribution in [1.82, 2.24) is 14.5 Å². The number of carbonyl (C=O) groups is 1. The van der Waals surface area contributed by atoms with Crippen LogP contribution >= 0.6 is 31.9 Å². The standard InChI is InChI=1S/C14H13Br2N3O5/c1-14(2)23-8-9(24-14)12(22-10(8)13(20)21)19-4-17-7-5(15)3-6(16)18-11(7)19/h3-4,8-10,12H,1-2H3,(H,20,21)/t8-,9+,10-,12+/m0/s1. The predicted octanol–water partition coefficient (Wildman–Crippen LogP) is 2.46. The molecule has 0 aliphatic carbocycles. The van der Waals surface area contributed by atoms with E-state index in [1.54, 1.807) is 30.8 Å². The summed E-state index contributed by atoms with van der Waals surface area (Å²) in [7, 11) is 0. The van der Waals surface area contributed by atoms with Gasteiger partial charge in [-0.3, -0.25) is 4.57 Å². The Balaban J connectivity index is 1.80. The third kappa shape index (κ3) is 2.48. The van der Waals surface area contributed by atoms with E-state index in [0.717, 1.165) is 4.47 Å². The first kappa shape index (κ1) is 16.4. The molecule has 4 atom stereocenters. The third-order valence-electron chi connectivity index (χ3n) is 4.00. The summed E-state index contributed by atoms with van der Waals surface area (Å²) in [6.45, 7) is 3.50. The Bertz CT molecular complexity index is 839. The maximum absolute atomic E-state index is 11.5. The van der Waals surface area contributed by atoms with Gasteiger partial charge in [0.1, 0.15) is 22.3 Å². The summed E-state index contributed by atoms with van der Waals surface area (Å²) in [6.07, 6.45) is -1.52. The summed E-state index contributed by atoms with van der Waals surface area (Å²) < 4.78 is 20.4. The first-order valence-electron chi connectivity index (χ1n) is 7.19. The number of aromatic nitrogens is 3. The van der Waals surface area contributed by atoms with Crippen LogP contribution in [0.1, 0.15) is 20.1 Å². The van der Waals surface area contributed by atoms with Crippen molar-refractivity contribution in [2.24, 2.45) is 0 Å². The van der Waals surface area contributed by atoms with Crippen LogP contribution in [0.2, 0.25) is 0 Å². The SMILES string of the molecule is CC1(C)O[C@@H]2[C@H](O1)[C@@H](C(=O)O)O[C@H]2n1cnc2c(Br)cc(Br)nc21. The van der Waals surface area contributed by atoms with Gasteiger partial charge in [0.15, 0.2) is 23.8 Å². The Morgan fingerprint density at radius 1 is 1.33 bits per heavy atom. The molecule has 10 heteroatoms. The average Bonchev–Trinajstić information content (AvgIpc) is 3.09. The molecule has 0 unspecified atom stereocenters. The van der Waals surface area contributed by atoms with Gasteiger partial charge in [0.25, 0.3) is 0 Å². The van der Waals surface area contributed by atoms with Crippen LogP contribution < -0.4 is 0 Å². The van der Waals surface area contributed by atoms with Crippen molar-refractivity contribution < 1.29 is 24.1 Å². The highest BCUT2D eigenvalue weighted by atomic mass is 79.9. The molecule has 4 rings (SSSR count). The van der Waals surface area contributed by atoms with Crippen LogP contribution in [0.4, 0.5) is 0 Å². The summed E-state index contributed by atoms with van der Waals surface area (Å²) in [6, 6.07) is 1.79. The second-order valence-corrected chi connectivity index (χ2v) is 7.77. The van der Waals surface area contributed by atoms with E-state index < -0.39 is 36.3 Å². The molecule has 0 aromatic carbocycles. The number of hydrogen-bond acceptors (Lipinski definition) is 6. The Kier molecular flexibility index (Phi) is 3.73. The normalized spacial score (nSPS) is 31.5. The number of halogens is 2. The van der Waals surface area contributed by atoms with Crippen molar-refractivity contribution in [1.29, 1.82) is 0 Å². The lowest BCUT2D eigenvalue weighted by atomic mass is 10.1. The highest BCUT2D eigenvalue weighted by Crippen LogP contribution is 2.44. The number of aliphatic carboxylic acids is 1. The summed E-state index contributed by atoms with van der Waals surface area (Å²) in [4.78, 5) is 20.3. The zero-order valence-electron chi connectivity index (χ0n) is 12.6. The summed E-state index contributed by atoms with van der Waals surface area (Å²) in [5, 5.41) is 9.43. The molecule has 2 aliphatic rings. The molecule has 2 aromatic heterocycles. The maximum atomic E-state index is 11.5. The fraction of sp³-hybridized carbons (Fsp3) is 0.500. The van der Waals surface area contributed by atoms with E-state index in [1.165, 1.54) is 0 Å². The van der Waals surface area contributed by atoms with E-state index in [9.17, 15) is 9.90 Å². The lowest BCUT2D eigenvalue weighted by Crippen LogP contribution is -2.35. The lowest BCUT2D eigenvalue weighted by molar-refractivity contribution is -0.202. The molecule has 0 amide bonds. The third-order valence-corrected chi connectivity index (χ3v) is 5.01. The number of ether oxygens (including phenoxy) is 3. The zero-order chi connectivity index (χ0) is 17.2. The molecular weight excluding hydrogens is 450 g/mol. The molecule has 24 heavy (non-hydrogen) atoms. The van der Waals surface area contributed by atoms with Crippen LogP contribution in [0, 0.1) is 0 Å².